The Balaban J connectivity index is 1.46. The first kappa shape index (κ1) is 71.7. The molecule has 0 saturated carbocycles. The number of carbonyl (C=O) groups is 1. The molecule has 3 heterocycles. The Labute approximate surface area is 481 Å². The molecule has 462 valence electrons. The van der Waals surface area contributed by atoms with Crippen LogP contribution in [-0.4, -0.2) is 193 Å². The van der Waals surface area contributed by atoms with Crippen molar-refractivity contribution >= 4 is 5.91 Å². The van der Waals surface area contributed by atoms with Crippen LogP contribution in [0.3, 0.4) is 0 Å². The lowest BCUT2D eigenvalue weighted by Crippen LogP contribution is -2.66. The second-order valence-electron chi connectivity index (χ2n) is 20.7. The molecule has 19 nitrogen and oxygen atoms in total. The van der Waals surface area contributed by atoms with E-state index in [0.29, 0.717) is 6.42 Å². The van der Waals surface area contributed by atoms with Crippen molar-refractivity contribution in [1.29, 1.82) is 0 Å². The van der Waals surface area contributed by atoms with E-state index in [-0.39, 0.29) is 18.9 Å². The Kier molecular flexibility index (Phi) is 39.0. The van der Waals surface area contributed by atoms with E-state index in [1.807, 2.05) is 6.08 Å². The molecule has 3 saturated heterocycles. The van der Waals surface area contributed by atoms with Gasteiger partial charge in [-0.3, -0.25) is 4.79 Å². The van der Waals surface area contributed by atoms with Gasteiger partial charge in [0.25, 0.3) is 0 Å². The highest BCUT2D eigenvalue weighted by Crippen LogP contribution is 2.33. The summed E-state index contributed by atoms with van der Waals surface area (Å²) in [5.41, 5.74) is 0. The van der Waals surface area contributed by atoms with Gasteiger partial charge in [-0.15, -0.1) is 0 Å². The summed E-state index contributed by atoms with van der Waals surface area (Å²) in [5, 5.41) is 120. The van der Waals surface area contributed by atoms with Gasteiger partial charge < -0.3 is 89.9 Å². The van der Waals surface area contributed by atoms with Crippen LogP contribution in [0.4, 0.5) is 0 Å². The number of hydrogen-bond donors (Lipinski definition) is 12. The number of unbranched alkanes of at least 4 members (excludes halogenated alkanes) is 9. The van der Waals surface area contributed by atoms with Crippen LogP contribution in [-0.2, 0) is 33.2 Å². The van der Waals surface area contributed by atoms with Crippen LogP contribution in [0.15, 0.2) is 109 Å². The van der Waals surface area contributed by atoms with Gasteiger partial charge in [-0.2, -0.15) is 0 Å². The van der Waals surface area contributed by atoms with E-state index in [0.717, 1.165) is 89.9 Å². The van der Waals surface area contributed by atoms with Crippen LogP contribution in [0.5, 0.6) is 0 Å². The van der Waals surface area contributed by atoms with E-state index in [9.17, 15) is 61.0 Å². The van der Waals surface area contributed by atoms with Crippen molar-refractivity contribution < 1.29 is 89.4 Å². The first-order valence-corrected chi connectivity index (χ1v) is 29.6. The highest BCUT2D eigenvalue weighted by atomic mass is 16.8. The van der Waals surface area contributed by atoms with Crippen molar-refractivity contribution in [1.82, 2.24) is 5.32 Å². The van der Waals surface area contributed by atoms with Gasteiger partial charge >= 0.3 is 0 Å². The molecule has 3 rings (SSSR count). The Bertz CT molecular complexity index is 1900. The van der Waals surface area contributed by atoms with Crippen molar-refractivity contribution in [2.75, 3.05) is 26.4 Å². The lowest BCUT2D eigenvalue weighted by molar-refractivity contribution is -0.379. The van der Waals surface area contributed by atoms with Gasteiger partial charge in [-0.25, -0.2) is 0 Å². The van der Waals surface area contributed by atoms with Gasteiger partial charge in [0, 0.05) is 6.42 Å². The van der Waals surface area contributed by atoms with Crippen molar-refractivity contribution in [3.63, 3.8) is 0 Å². The van der Waals surface area contributed by atoms with Crippen LogP contribution in [0.1, 0.15) is 142 Å². The standard InChI is InChI=1S/C62H101NO18/c1-3-5-7-9-11-13-14-15-16-17-18-19-20-21-22-23-24-25-26-27-28-29-30-32-34-36-38-40-50(68)63-45(46(67)39-37-35-33-31-12-10-8-6-4-2)44-76-60-56(74)53(71)58(48(42-65)78-60)81-62-57(75)54(72)59(49(43-66)79-62)80-61-55(73)52(70)51(69)47(41-64)77-61/h5,7,11,13,15-16,18-19,21-22,24-25,27-28,30,32,37,39,45-49,51-62,64-67,69-75H,3-4,6,8-10,12,14,17,20,23,26,29,31,33-36,38,40-44H2,1-2H3,(H,63,68)/b7-5-,13-11-,16-15-,19-18-,22-21-,25-24-,28-27-,32-30-,39-37+. The van der Waals surface area contributed by atoms with Gasteiger partial charge in [0.15, 0.2) is 18.9 Å². The zero-order valence-corrected chi connectivity index (χ0v) is 48.0. The predicted octanol–water partition coefficient (Wildman–Crippen LogP) is 5.14. The van der Waals surface area contributed by atoms with Crippen molar-refractivity contribution in [2.24, 2.45) is 0 Å². The number of aliphatic hydroxyl groups is 11. The molecule has 0 radical (unpaired) electrons. The fourth-order valence-electron chi connectivity index (χ4n) is 9.20. The SMILES string of the molecule is CC/C=C\C/C=C\C/C=C\C/C=C\C/C=C\C/C=C\C/C=C\C/C=C\CCCCC(=O)NC(COC1OC(CO)C(OC2OC(CO)C(OC3OC(CO)C(O)C(O)C3O)C(O)C2O)C(O)C1O)C(O)/C=C/CCCCCCCCC. The Hall–Kier alpha value is -3.55. The topological polar surface area (TPSA) is 307 Å². The zero-order chi connectivity index (χ0) is 59.0. The molecular formula is C62H101NO18. The normalized spacial score (nSPS) is 30.6. The lowest BCUT2D eigenvalue weighted by atomic mass is 9.96. The molecule has 19 heteroatoms. The van der Waals surface area contributed by atoms with Crippen LogP contribution in [0.25, 0.3) is 0 Å². The molecule has 0 aromatic heterocycles. The first-order valence-electron chi connectivity index (χ1n) is 29.6. The molecule has 17 unspecified atom stereocenters. The van der Waals surface area contributed by atoms with E-state index in [4.69, 9.17) is 28.4 Å². The lowest BCUT2D eigenvalue weighted by Gasteiger charge is -2.48. The number of allylic oxidation sites excluding steroid dienone is 17. The summed E-state index contributed by atoms with van der Waals surface area (Å²) in [6.07, 6.45) is 29.5. The van der Waals surface area contributed by atoms with Crippen molar-refractivity contribution in [3.05, 3.63) is 109 Å². The molecule has 3 aliphatic heterocycles. The maximum absolute atomic E-state index is 13.3. The smallest absolute Gasteiger partial charge is 0.220 e. The fraction of sp³-hybridized carbons (Fsp3) is 0.694. The zero-order valence-electron chi connectivity index (χ0n) is 48.0. The molecule has 0 aromatic rings. The number of aliphatic hydroxyl groups excluding tert-OH is 11. The first-order chi connectivity index (χ1) is 39.3. The summed E-state index contributed by atoms with van der Waals surface area (Å²) in [6.45, 7) is 1.49. The molecule has 81 heavy (non-hydrogen) atoms. The number of ether oxygens (including phenoxy) is 6. The van der Waals surface area contributed by atoms with Gasteiger partial charge in [-0.1, -0.05) is 162 Å². The minimum Gasteiger partial charge on any atom is -0.394 e. The number of nitrogens with one attached hydrogen (secondary N) is 1. The summed E-state index contributed by atoms with van der Waals surface area (Å²) in [4.78, 5) is 13.3. The molecular weight excluding hydrogens is 1050 g/mol. The molecule has 17 atom stereocenters. The van der Waals surface area contributed by atoms with Crippen LogP contribution in [0, 0.1) is 0 Å². The van der Waals surface area contributed by atoms with E-state index in [1.165, 1.54) is 25.7 Å². The Morgan fingerprint density at radius 3 is 1.33 bits per heavy atom. The van der Waals surface area contributed by atoms with Crippen LogP contribution >= 0.6 is 0 Å². The molecule has 1 amide bonds. The largest absolute Gasteiger partial charge is 0.394 e. The summed E-state index contributed by atoms with van der Waals surface area (Å²) in [6, 6.07) is -1.00. The maximum Gasteiger partial charge on any atom is 0.220 e. The third-order valence-corrected chi connectivity index (χ3v) is 14.1. The second kappa shape index (κ2) is 44.0. The minimum atomic E-state index is -1.99. The average molecular weight is 1150 g/mol. The number of amides is 1. The summed E-state index contributed by atoms with van der Waals surface area (Å²) >= 11 is 0. The molecule has 3 aliphatic rings. The molecule has 0 bridgehead atoms. The number of hydrogen-bond acceptors (Lipinski definition) is 18. The molecule has 12 N–H and O–H groups in total. The van der Waals surface area contributed by atoms with Gasteiger partial charge in [0.1, 0.15) is 73.2 Å². The third-order valence-electron chi connectivity index (χ3n) is 14.1. The third kappa shape index (κ3) is 27.8. The van der Waals surface area contributed by atoms with Gasteiger partial charge in [0.2, 0.25) is 5.91 Å². The van der Waals surface area contributed by atoms with Crippen molar-refractivity contribution in [3.8, 4) is 0 Å². The minimum absolute atomic E-state index is 0.180. The average Bonchev–Trinajstić information content (AvgIpc) is 3.47. The predicted molar refractivity (Wildman–Crippen MR) is 309 cm³/mol. The van der Waals surface area contributed by atoms with E-state index < -0.39 is 124 Å². The monoisotopic (exact) mass is 1150 g/mol. The quantitative estimate of drug-likeness (QED) is 0.0278. The summed E-state index contributed by atoms with van der Waals surface area (Å²) in [7, 11) is 0. The van der Waals surface area contributed by atoms with E-state index in [1.54, 1.807) is 6.08 Å². The molecule has 0 spiro atoms. The molecule has 0 aromatic carbocycles. The van der Waals surface area contributed by atoms with E-state index >= 15 is 0 Å². The second-order valence-corrected chi connectivity index (χ2v) is 20.7. The molecule has 0 aliphatic carbocycles. The number of carbonyl (C=O) groups excluding carboxylic acids is 1. The summed E-state index contributed by atoms with van der Waals surface area (Å²) < 4.78 is 34.1. The van der Waals surface area contributed by atoms with Crippen LogP contribution < -0.4 is 5.32 Å². The Morgan fingerprint density at radius 1 is 0.457 bits per heavy atom. The van der Waals surface area contributed by atoms with Gasteiger partial charge in [0.05, 0.1) is 38.6 Å². The number of rotatable bonds is 41. The summed E-state index contributed by atoms with van der Waals surface area (Å²) in [5.74, 6) is -0.327. The van der Waals surface area contributed by atoms with E-state index in [2.05, 4.69) is 116 Å². The highest BCUT2D eigenvalue weighted by molar-refractivity contribution is 5.76. The maximum atomic E-state index is 13.3. The van der Waals surface area contributed by atoms with Gasteiger partial charge in [-0.05, 0) is 83.5 Å². The Morgan fingerprint density at radius 2 is 0.852 bits per heavy atom. The van der Waals surface area contributed by atoms with Crippen LogP contribution in [0.2, 0.25) is 0 Å². The molecule has 3 fully saturated rings. The van der Waals surface area contributed by atoms with Crippen molar-refractivity contribution in [2.45, 2.75) is 247 Å². The fourth-order valence-corrected chi connectivity index (χ4v) is 9.20. The highest BCUT2D eigenvalue weighted by Gasteiger charge is 2.53.